The van der Waals surface area contributed by atoms with Crippen molar-refractivity contribution in [3.8, 4) is 0 Å². The van der Waals surface area contributed by atoms with Crippen molar-refractivity contribution in [1.29, 1.82) is 0 Å². The van der Waals surface area contributed by atoms with Crippen molar-refractivity contribution in [3.63, 3.8) is 0 Å². The number of allylic oxidation sites excluding steroid dienone is 10. The molecule has 19 heteroatoms. The number of nitrogens with one attached hydrogen (secondary N) is 1. The van der Waals surface area contributed by atoms with Crippen LogP contribution in [0.1, 0.15) is 348 Å². The van der Waals surface area contributed by atoms with Crippen molar-refractivity contribution in [3.05, 3.63) is 60.8 Å². The Hall–Kier alpha value is -2.51. The summed E-state index contributed by atoms with van der Waals surface area (Å²) in [6.07, 6.45) is 58.8. The molecule has 3 rings (SSSR count). The molecule has 3 aliphatic heterocycles. The van der Waals surface area contributed by atoms with Gasteiger partial charge in [-0.05, 0) is 57.8 Å². The molecule has 0 saturated carbocycles. The van der Waals surface area contributed by atoms with Crippen LogP contribution in [0.4, 0.5) is 0 Å². The summed E-state index contributed by atoms with van der Waals surface area (Å²) < 4.78 is 34.6. The van der Waals surface area contributed by atoms with Crippen LogP contribution in [-0.2, 0) is 33.2 Å². The third-order valence-electron chi connectivity index (χ3n) is 21.4. The van der Waals surface area contributed by atoms with Crippen LogP contribution in [0.25, 0.3) is 0 Å². The Morgan fingerprint density at radius 2 is 0.657 bits per heavy atom. The molecule has 19 nitrogen and oxygen atoms in total. The Kier molecular flexibility index (Phi) is 60.9. The van der Waals surface area contributed by atoms with Crippen LogP contribution in [0.15, 0.2) is 60.8 Å². The molecule has 614 valence electrons. The number of unbranched alkanes of at least 4 members (excludes halogenated alkanes) is 43. The Morgan fingerprint density at radius 3 is 1.03 bits per heavy atom. The van der Waals surface area contributed by atoms with Crippen molar-refractivity contribution in [1.82, 2.24) is 5.32 Å². The molecule has 0 aliphatic carbocycles. The Balaban J connectivity index is 1.34. The molecule has 0 aromatic carbocycles. The maximum absolute atomic E-state index is 13.5. The van der Waals surface area contributed by atoms with Gasteiger partial charge in [0.1, 0.15) is 73.2 Å². The zero-order chi connectivity index (χ0) is 76.0. The van der Waals surface area contributed by atoms with Crippen molar-refractivity contribution in [2.45, 2.75) is 452 Å². The molecule has 0 aromatic heterocycles. The van der Waals surface area contributed by atoms with E-state index in [1.54, 1.807) is 0 Å². The normalized spacial score (nSPS) is 26.0. The molecular weight excluding hydrogens is 1330 g/mol. The van der Waals surface area contributed by atoms with Crippen molar-refractivity contribution in [2.24, 2.45) is 0 Å². The number of aliphatic hydroxyl groups is 11. The first-order valence-corrected chi connectivity index (χ1v) is 43.0. The maximum atomic E-state index is 13.5. The van der Waals surface area contributed by atoms with Gasteiger partial charge in [0.05, 0.1) is 38.6 Å². The average Bonchev–Trinajstić information content (AvgIpc) is 0.781. The van der Waals surface area contributed by atoms with Gasteiger partial charge in [0, 0.05) is 6.42 Å². The third-order valence-corrected chi connectivity index (χ3v) is 21.4. The van der Waals surface area contributed by atoms with E-state index in [0.717, 1.165) is 77.0 Å². The number of ether oxygens (including phenoxy) is 6. The number of aliphatic hydroxyl groups excluding tert-OH is 11. The lowest BCUT2D eigenvalue weighted by Gasteiger charge is -2.48. The minimum Gasteiger partial charge on any atom is -0.394 e. The summed E-state index contributed by atoms with van der Waals surface area (Å²) in [4.78, 5) is 13.5. The van der Waals surface area contributed by atoms with E-state index < -0.39 is 124 Å². The first-order chi connectivity index (χ1) is 51.3. The fraction of sp³-hybridized carbons (Fsp3) is 0.872. The molecule has 0 radical (unpaired) electrons. The highest BCUT2D eigenvalue weighted by Gasteiger charge is 2.54. The summed E-state index contributed by atoms with van der Waals surface area (Å²) in [5.41, 5.74) is 0. The van der Waals surface area contributed by atoms with Gasteiger partial charge in [-0.15, -0.1) is 0 Å². The van der Waals surface area contributed by atoms with E-state index in [1.165, 1.54) is 238 Å². The molecule has 3 fully saturated rings. The van der Waals surface area contributed by atoms with Gasteiger partial charge in [-0.25, -0.2) is 0 Å². The van der Waals surface area contributed by atoms with E-state index in [1.807, 2.05) is 0 Å². The maximum Gasteiger partial charge on any atom is 0.220 e. The highest BCUT2D eigenvalue weighted by molar-refractivity contribution is 5.76. The van der Waals surface area contributed by atoms with Crippen molar-refractivity contribution < 1.29 is 89.4 Å². The van der Waals surface area contributed by atoms with E-state index in [2.05, 4.69) is 79.9 Å². The molecule has 1 amide bonds. The zero-order valence-electron chi connectivity index (χ0n) is 66.0. The van der Waals surface area contributed by atoms with E-state index in [4.69, 9.17) is 28.4 Å². The number of carbonyl (C=O) groups excluding carboxylic acids is 1. The van der Waals surface area contributed by atoms with Gasteiger partial charge >= 0.3 is 0 Å². The Bertz CT molecular complexity index is 2130. The second kappa shape index (κ2) is 66.1. The van der Waals surface area contributed by atoms with E-state index in [-0.39, 0.29) is 18.9 Å². The Labute approximate surface area is 636 Å². The minimum atomic E-state index is -1.97. The lowest BCUT2D eigenvalue weighted by molar-refractivity contribution is -0.379. The highest BCUT2D eigenvalue weighted by Crippen LogP contribution is 2.33. The second-order valence-corrected chi connectivity index (χ2v) is 30.6. The van der Waals surface area contributed by atoms with E-state index in [0.29, 0.717) is 12.8 Å². The van der Waals surface area contributed by atoms with Gasteiger partial charge in [-0.1, -0.05) is 344 Å². The molecule has 3 aliphatic rings. The standard InChI is InChI=1S/C86H157NO18/c1-3-5-7-9-11-13-15-17-19-21-23-25-27-29-31-33-34-36-38-40-42-44-46-48-50-52-54-56-58-60-62-64-74(92)87-69(70(91)63-61-59-57-55-53-51-49-47-45-43-41-39-37-35-32-30-28-26-24-22-20-18-16-14-12-10-8-6-4-2)68-100-84-80(98)77(95)82(72(66-89)102-84)105-86-81(99)78(96)83(73(67-90)103-86)104-85-79(97)76(94)75(93)71(65-88)101-85/h5,7,11,13,17,19,23,25,29,31,69-73,75-86,88-91,93-99H,3-4,6,8-10,12,14-16,18,20-22,24,26-28,30,32-68H2,1-2H3,(H,87,92)/b7-5-,13-11-,19-17-,25-23-,31-29-. The van der Waals surface area contributed by atoms with Gasteiger partial charge in [-0.3, -0.25) is 4.79 Å². The van der Waals surface area contributed by atoms with Gasteiger partial charge < -0.3 is 89.9 Å². The Morgan fingerprint density at radius 1 is 0.352 bits per heavy atom. The van der Waals surface area contributed by atoms with E-state index in [9.17, 15) is 61.0 Å². The van der Waals surface area contributed by atoms with Gasteiger partial charge in [-0.2, -0.15) is 0 Å². The van der Waals surface area contributed by atoms with Crippen LogP contribution in [0.5, 0.6) is 0 Å². The summed E-state index contributed by atoms with van der Waals surface area (Å²) in [7, 11) is 0. The van der Waals surface area contributed by atoms with E-state index >= 15 is 0 Å². The molecule has 3 heterocycles. The van der Waals surface area contributed by atoms with Crippen LogP contribution >= 0.6 is 0 Å². The number of hydrogen-bond acceptors (Lipinski definition) is 18. The fourth-order valence-electron chi connectivity index (χ4n) is 14.5. The summed E-state index contributed by atoms with van der Waals surface area (Å²) >= 11 is 0. The van der Waals surface area contributed by atoms with Crippen LogP contribution in [0.3, 0.4) is 0 Å². The lowest BCUT2D eigenvalue weighted by atomic mass is 9.96. The van der Waals surface area contributed by atoms with Gasteiger partial charge in [0.2, 0.25) is 5.91 Å². The molecule has 0 aromatic rings. The quantitative estimate of drug-likeness (QED) is 0.0199. The summed E-state index contributed by atoms with van der Waals surface area (Å²) in [5.74, 6) is -0.239. The summed E-state index contributed by atoms with van der Waals surface area (Å²) in [6, 6.07) is -0.891. The molecule has 0 bridgehead atoms. The number of amides is 1. The minimum absolute atomic E-state index is 0.239. The second-order valence-electron chi connectivity index (χ2n) is 30.6. The average molecular weight is 1490 g/mol. The topological polar surface area (TPSA) is 307 Å². The van der Waals surface area contributed by atoms with Crippen LogP contribution in [-0.4, -0.2) is 193 Å². The van der Waals surface area contributed by atoms with Crippen LogP contribution < -0.4 is 5.32 Å². The molecular formula is C86H157NO18. The lowest BCUT2D eigenvalue weighted by Crippen LogP contribution is -2.66. The fourth-order valence-corrected chi connectivity index (χ4v) is 14.5. The number of hydrogen-bond donors (Lipinski definition) is 12. The highest BCUT2D eigenvalue weighted by atomic mass is 16.8. The van der Waals surface area contributed by atoms with Gasteiger partial charge in [0.15, 0.2) is 18.9 Å². The van der Waals surface area contributed by atoms with Crippen molar-refractivity contribution in [2.75, 3.05) is 26.4 Å². The zero-order valence-corrected chi connectivity index (χ0v) is 66.0. The first-order valence-electron chi connectivity index (χ1n) is 43.0. The first kappa shape index (κ1) is 96.7. The number of rotatable bonds is 69. The van der Waals surface area contributed by atoms with Gasteiger partial charge in [0.25, 0.3) is 0 Å². The summed E-state index contributed by atoms with van der Waals surface area (Å²) in [5, 5.41) is 121. The van der Waals surface area contributed by atoms with Crippen LogP contribution in [0, 0.1) is 0 Å². The van der Waals surface area contributed by atoms with Crippen molar-refractivity contribution >= 4 is 5.91 Å². The molecule has 17 atom stereocenters. The number of carbonyl (C=O) groups is 1. The largest absolute Gasteiger partial charge is 0.394 e. The predicted molar refractivity (Wildman–Crippen MR) is 420 cm³/mol. The third kappa shape index (κ3) is 45.6. The molecule has 105 heavy (non-hydrogen) atoms. The SMILES string of the molecule is CC/C=C\C/C=C\C/C=C\C/C=C\C/C=C\CCCCCCCCCCCCCCCCCC(=O)NC(COC1OC(CO)C(OC2OC(CO)C(OC3OC(CO)C(O)C(O)C3O)C(O)C2O)C(O)C1O)C(O)CCCCCCCCCCCCCCCCCCCCCCCCCCCCCCC. The molecule has 3 saturated heterocycles. The van der Waals surface area contributed by atoms with Crippen LogP contribution in [0.2, 0.25) is 0 Å². The molecule has 12 N–H and O–H groups in total. The monoisotopic (exact) mass is 1490 g/mol. The smallest absolute Gasteiger partial charge is 0.220 e. The molecule has 0 spiro atoms. The summed E-state index contributed by atoms with van der Waals surface area (Å²) in [6.45, 7) is 1.74. The predicted octanol–water partition coefficient (Wildman–Crippen LogP) is 15.4. The molecule has 17 unspecified atom stereocenters.